The molecule has 1 amide bonds. The molecule has 0 aromatic carbocycles. The van der Waals surface area contributed by atoms with Gasteiger partial charge in [-0.1, -0.05) is 26.2 Å². The largest absolute Gasteiger partial charge is 0.481 e. The van der Waals surface area contributed by atoms with Gasteiger partial charge < -0.3 is 14.8 Å². The minimum atomic E-state index is -0.827. The number of hydrogen-bond acceptors (Lipinski definition) is 3. The number of nitrogens with one attached hydrogen (secondary N) is 1. The molecule has 2 atom stereocenters. The van der Waals surface area contributed by atoms with E-state index in [2.05, 4.69) is 5.32 Å². The fourth-order valence-corrected chi connectivity index (χ4v) is 3.00. The fraction of sp³-hybridized carbons (Fsp3) is 0.625. The maximum Gasteiger partial charge on any atom is 0.308 e. The van der Waals surface area contributed by atoms with Crippen molar-refractivity contribution in [3.8, 4) is 0 Å². The van der Waals surface area contributed by atoms with Crippen LogP contribution in [0.1, 0.15) is 60.9 Å². The molecule has 0 aliphatic heterocycles. The van der Waals surface area contributed by atoms with Gasteiger partial charge in [-0.25, -0.2) is 0 Å². The van der Waals surface area contributed by atoms with E-state index < -0.39 is 11.9 Å². The van der Waals surface area contributed by atoms with Crippen LogP contribution in [-0.2, 0) is 11.2 Å². The molecular weight excluding hydrogens is 270 g/mol. The molecule has 116 valence electrons. The summed E-state index contributed by atoms with van der Waals surface area (Å²) in [5.74, 6) is -0.560. The van der Waals surface area contributed by atoms with Crippen LogP contribution in [0.4, 0.5) is 0 Å². The molecule has 5 heteroatoms. The number of aliphatic carboxylic acids is 1. The molecule has 0 unspecified atom stereocenters. The average molecular weight is 293 g/mol. The van der Waals surface area contributed by atoms with Crippen molar-refractivity contribution in [2.24, 2.45) is 5.92 Å². The van der Waals surface area contributed by atoms with Gasteiger partial charge >= 0.3 is 5.97 Å². The van der Waals surface area contributed by atoms with Crippen LogP contribution in [0.15, 0.2) is 10.5 Å². The first-order valence-corrected chi connectivity index (χ1v) is 7.66. The Balaban J connectivity index is 2.10. The van der Waals surface area contributed by atoms with Crippen LogP contribution in [0.3, 0.4) is 0 Å². The van der Waals surface area contributed by atoms with Gasteiger partial charge in [-0.15, -0.1) is 0 Å². The van der Waals surface area contributed by atoms with E-state index in [1.807, 2.05) is 13.8 Å². The fourth-order valence-electron chi connectivity index (χ4n) is 3.00. The third-order valence-corrected chi connectivity index (χ3v) is 4.22. The summed E-state index contributed by atoms with van der Waals surface area (Å²) in [5.41, 5.74) is 0.957. The van der Waals surface area contributed by atoms with E-state index in [0.29, 0.717) is 12.8 Å². The van der Waals surface area contributed by atoms with Crippen LogP contribution < -0.4 is 5.32 Å². The van der Waals surface area contributed by atoms with Gasteiger partial charge in [-0.3, -0.25) is 9.59 Å². The molecule has 0 bridgehead atoms. The molecule has 0 radical (unpaired) electrons. The van der Waals surface area contributed by atoms with Crippen LogP contribution >= 0.6 is 0 Å². The molecule has 1 aromatic heterocycles. The summed E-state index contributed by atoms with van der Waals surface area (Å²) in [4.78, 5) is 23.6. The van der Waals surface area contributed by atoms with Gasteiger partial charge in [0.25, 0.3) is 5.91 Å². The van der Waals surface area contributed by atoms with Gasteiger partial charge in [-0.05, 0) is 31.4 Å². The Labute approximate surface area is 124 Å². The number of carbonyl (C=O) groups is 2. The molecule has 2 rings (SSSR count). The van der Waals surface area contributed by atoms with E-state index in [0.717, 1.165) is 37.0 Å². The Morgan fingerprint density at radius 2 is 2.05 bits per heavy atom. The Morgan fingerprint density at radius 3 is 2.67 bits per heavy atom. The van der Waals surface area contributed by atoms with Crippen molar-refractivity contribution in [3.63, 3.8) is 0 Å². The maximum atomic E-state index is 12.3. The summed E-state index contributed by atoms with van der Waals surface area (Å²) in [6.45, 7) is 3.88. The van der Waals surface area contributed by atoms with Crippen LogP contribution in [-0.4, -0.2) is 23.0 Å². The van der Waals surface area contributed by atoms with Crippen molar-refractivity contribution in [1.82, 2.24) is 5.32 Å². The summed E-state index contributed by atoms with van der Waals surface area (Å²) in [6.07, 6.45) is 4.95. The minimum absolute atomic E-state index is 0.276. The van der Waals surface area contributed by atoms with E-state index in [1.165, 1.54) is 0 Å². The quantitative estimate of drug-likeness (QED) is 0.836. The van der Waals surface area contributed by atoms with E-state index in [9.17, 15) is 14.7 Å². The average Bonchev–Trinajstić information content (AvgIpc) is 2.67. The number of aryl methyl sites for hydroxylation is 2. The molecule has 1 aromatic rings. The summed E-state index contributed by atoms with van der Waals surface area (Å²) in [6, 6.07) is 1.41. The molecular formula is C16H23NO4. The Morgan fingerprint density at radius 1 is 1.33 bits per heavy atom. The summed E-state index contributed by atoms with van der Waals surface area (Å²) >= 11 is 0. The van der Waals surface area contributed by atoms with Gasteiger partial charge in [0.05, 0.1) is 5.92 Å². The van der Waals surface area contributed by atoms with Gasteiger partial charge in [0, 0.05) is 12.5 Å². The third-order valence-electron chi connectivity index (χ3n) is 4.22. The number of furan rings is 1. The van der Waals surface area contributed by atoms with Crippen molar-refractivity contribution in [1.29, 1.82) is 0 Å². The second kappa shape index (κ2) is 6.78. The molecule has 5 nitrogen and oxygen atoms in total. The molecule has 1 aliphatic carbocycles. The predicted molar refractivity (Wildman–Crippen MR) is 78.3 cm³/mol. The standard InChI is InChI=1S/C16H23NO4/c1-3-13-10(2)9-14(21-13)15(18)17-12-8-6-4-5-7-11(12)16(19)20/h9,11-12H,3-8H2,1-2H3,(H,17,18)(H,19,20)/t11-,12+/m1/s1. The number of carboxylic acids is 1. The van der Waals surface area contributed by atoms with Gasteiger partial charge in [0.2, 0.25) is 0 Å². The maximum absolute atomic E-state index is 12.3. The van der Waals surface area contributed by atoms with Gasteiger partial charge in [-0.2, -0.15) is 0 Å². The number of carboxylic acid groups (broad SMARTS) is 1. The van der Waals surface area contributed by atoms with E-state index in [4.69, 9.17) is 4.42 Å². The first-order chi connectivity index (χ1) is 10.0. The zero-order valence-corrected chi connectivity index (χ0v) is 12.6. The van der Waals surface area contributed by atoms with Crippen molar-refractivity contribution in [2.45, 2.75) is 58.4 Å². The van der Waals surface area contributed by atoms with Gasteiger partial charge in [0.15, 0.2) is 5.76 Å². The van der Waals surface area contributed by atoms with Crippen LogP contribution in [0.5, 0.6) is 0 Å². The lowest BCUT2D eigenvalue weighted by atomic mass is 9.95. The predicted octanol–water partition coefficient (Wildman–Crippen LogP) is 2.91. The van der Waals surface area contributed by atoms with Crippen LogP contribution in [0.2, 0.25) is 0 Å². The molecule has 1 saturated carbocycles. The Kier molecular flexibility index (Phi) is 5.04. The summed E-state index contributed by atoms with van der Waals surface area (Å²) < 4.78 is 5.53. The second-order valence-electron chi connectivity index (χ2n) is 5.73. The van der Waals surface area contributed by atoms with Crippen molar-refractivity contribution < 1.29 is 19.1 Å². The first-order valence-electron chi connectivity index (χ1n) is 7.66. The lowest BCUT2D eigenvalue weighted by Gasteiger charge is -2.22. The highest BCUT2D eigenvalue weighted by atomic mass is 16.4. The topological polar surface area (TPSA) is 79.5 Å². The zero-order chi connectivity index (χ0) is 15.4. The lowest BCUT2D eigenvalue weighted by Crippen LogP contribution is -2.42. The third kappa shape index (κ3) is 3.65. The first kappa shape index (κ1) is 15.6. The zero-order valence-electron chi connectivity index (χ0n) is 12.6. The number of rotatable bonds is 4. The van der Waals surface area contributed by atoms with E-state index in [1.54, 1.807) is 6.07 Å². The highest BCUT2D eigenvalue weighted by Gasteiger charge is 2.31. The lowest BCUT2D eigenvalue weighted by molar-refractivity contribution is -0.142. The molecule has 1 fully saturated rings. The van der Waals surface area contributed by atoms with Gasteiger partial charge in [0.1, 0.15) is 5.76 Å². The molecule has 1 aliphatic rings. The van der Waals surface area contributed by atoms with Crippen molar-refractivity contribution >= 4 is 11.9 Å². The van der Waals surface area contributed by atoms with Crippen LogP contribution in [0, 0.1) is 12.8 Å². The van der Waals surface area contributed by atoms with Crippen molar-refractivity contribution in [2.75, 3.05) is 0 Å². The van der Waals surface area contributed by atoms with Crippen molar-refractivity contribution in [3.05, 3.63) is 23.2 Å². The number of hydrogen-bond donors (Lipinski definition) is 2. The highest BCUT2D eigenvalue weighted by molar-refractivity contribution is 5.92. The van der Waals surface area contributed by atoms with Crippen LogP contribution in [0.25, 0.3) is 0 Å². The summed E-state index contributed by atoms with van der Waals surface area (Å²) in [7, 11) is 0. The highest BCUT2D eigenvalue weighted by Crippen LogP contribution is 2.24. The monoisotopic (exact) mass is 293 g/mol. The van der Waals surface area contributed by atoms with E-state index >= 15 is 0 Å². The summed E-state index contributed by atoms with van der Waals surface area (Å²) in [5, 5.41) is 12.2. The minimum Gasteiger partial charge on any atom is -0.481 e. The second-order valence-corrected chi connectivity index (χ2v) is 5.73. The van der Waals surface area contributed by atoms with E-state index in [-0.39, 0.29) is 17.7 Å². The molecule has 1 heterocycles. The molecule has 21 heavy (non-hydrogen) atoms. The SMILES string of the molecule is CCc1oc(C(=O)N[C@H]2CCCCC[C@H]2C(=O)O)cc1C. The smallest absolute Gasteiger partial charge is 0.308 e. The molecule has 2 N–H and O–H groups in total. The molecule has 0 spiro atoms. The molecule has 0 saturated heterocycles. The number of carbonyl (C=O) groups excluding carboxylic acids is 1. The Hall–Kier alpha value is -1.78. The number of amides is 1. The normalized spacial score (nSPS) is 22.6. The Bertz CT molecular complexity index is 520.